The molecule has 0 bridgehead atoms. The minimum absolute atomic E-state index is 0.117. The summed E-state index contributed by atoms with van der Waals surface area (Å²) < 4.78 is 26.1. The summed E-state index contributed by atoms with van der Waals surface area (Å²) in [6.07, 6.45) is 4.31. The zero-order chi connectivity index (χ0) is 14.9. The molecule has 0 atom stereocenters. The summed E-state index contributed by atoms with van der Waals surface area (Å²) in [4.78, 5) is 10.7. The third-order valence-electron chi connectivity index (χ3n) is 3.38. The zero-order valence-corrected chi connectivity index (χ0v) is 12.2. The predicted octanol–water partition coefficient (Wildman–Crippen LogP) is 1.88. The van der Waals surface area contributed by atoms with Crippen LogP contribution in [0.3, 0.4) is 0 Å². The maximum absolute atomic E-state index is 12.4. The fourth-order valence-corrected chi connectivity index (χ4v) is 3.46. The van der Waals surface area contributed by atoms with Gasteiger partial charge in [0.1, 0.15) is 0 Å². The first kappa shape index (κ1) is 14.7. The third-order valence-corrected chi connectivity index (χ3v) is 5.29. The van der Waals surface area contributed by atoms with E-state index >= 15 is 0 Å². The van der Waals surface area contributed by atoms with Crippen molar-refractivity contribution in [3.05, 3.63) is 35.4 Å². The lowest BCUT2D eigenvalue weighted by molar-refractivity contribution is -0.131. The molecule has 0 aliphatic heterocycles. The minimum Gasteiger partial charge on any atom is -0.478 e. The Hall–Kier alpha value is -1.66. The Kier molecular flexibility index (Phi) is 3.96. The van der Waals surface area contributed by atoms with Gasteiger partial charge >= 0.3 is 5.97 Å². The molecule has 2 rings (SSSR count). The van der Waals surface area contributed by atoms with Crippen LogP contribution in [0.25, 0.3) is 6.08 Å². The summed E-state index contributed by atoms with van der Waals surface area (Å²) in [7, 11) is -1.86. The topological polar surface area (TPSA) is 74.7 Å². The molecule has 0 aromatic heterocycles. The van der Waals surface area contributed by atoms with Gasteiger partial charge in [0.25, 0.3) is 0 Å². The van der Waals surface area contributed by atoms with E-state index in [1.165, 1.54) is 16.4 Å². The summed E-state index contributed by atoms with van der Waals surface area (Å²) >= 11 is 0. The van der Waals surface area contributed by atoms with Gasteiger partial charge in [0.05, 0.1) is 4.90 Å². The molecule has 0 amide bonds. The lowest BCUT2D eigenvalue weighted by atomic mass is 10.1. The normalized spacial score (nSPS) is 15.9. The number of hydrogen-bond acceptors (Lipinski definition) is 3. The highest BCUT2D eigenvalue weighted by molar-refractivity contribution is 7.89. The van der Waals surface area contributed by atoms with E-state index in [2.05, 4.69) is 0 Å². The van der Waals surface area contributed by atoms with Crippen molar-refractivity contribution in [2.45, 2.75) is 30.7 Å². The van der Waals surface area contributed by atoms with Crippen LogP contribution in [0.15, 0.2) is 29.2 Å². The summed E-state index contributed by atoms with van der Waals surface area (Å²) in [6.45, 7) is 1.76. The fraction of sp³-hybridized carbons (Fsp3) is 0.357. The summed E-state index contributed by atoms with van der Waals surface area (Å²) in [6, 6.07) is 4.84. The number of aliphatic carboxylic acids is 1. The predicted molar refractivity (Wildman–Crippen MR) is 75.8 cm³/mol. The molecule has 0 radical (unpaired) electrons. The van der Waals surface area contributed by atoms with E-state index in [1.54, 1.807) is 26.1 Å². The number of rotatable bonds is 5. The largest absolute Gasteiger partial charge is 0.478 e. The molecule has 0 unspecified atom stereocenters. The van der Waals surface area contributed by atoms with Crippen LogP contribution in [0.4, 0.5) is 0 Å². The van der Waals surface area contributed by atoms with Crippen molar-refractivity contribution in [2.24, 2.45) is 0 Å². The Morgan fingerprint density at radius 3 is 2.55 bits per heavy atom. The molecule has 1 saturated carbocycles. The molecule has 20 heavy (non-hydrogen) atoms. The first-order chi connectivity index (χ1) is 9.32. The molecule has 1 N–H and O–H groups in total. The monoisotopic (exact) mass is 295 g/mol. The molecule has 1 aromatic rings. The SMILES string of the molecule is Cc1cc(S(=O)(=O)N(C)C2CC2)ccc1C=CC(=O)O. The zero-order valence-electron chi connectivity index (χ0n) is 11.4. The Morgan fingerprint density at radius 1 is 1.40 bits per heavy atom. The van der Waals surface area contributed by atoms with Gasteiger partial charge in [-0.05, 0) is 49.1 Å². The highest BCUT2D eigenvalue weighted by Crippen LogP contribution is 2.30. The molecule has 1 fully saturated rings. The average Bonchev–Trinajstić information content (AvgIpc) is 3.20. The molecule has 6 heteroatoms. The number of carboxylic acid groups (broad SMARTS) is 1. The molecule has 5 nitrogen and oxygen atoms in total. The lowest BCUT2D eigenvalue weighted by Crippen LogP contribution is -2.29. The highest BCUT2D eigenvalue weighted by Gasteiger charge is 2.35. The maximum Gasteiger partial charge on any atom is 0.328 e. The van der Waals surface area contributed by atoms with Crippen LogP contribution in [-0.2, 0) is 14.8 Å². The van der Waals surface area contributed by atoms with Crippen molar-refractivity contribution in [3.63, 3.8) is 0 Å². The van der Waals surface area contributed by atoms with Crippen LogP contribution in [-0.4, -0.2) is 36.9 Å². The second-order valence-electron chi connectivity index (χ2n) is 4.94. The number of hydrogen-bond donors (Lipinski definition) is 1. The van der Waals surface area contributed by atoms with E-state index in [1.807, 2.05) is 0 Å². The van der Waals surface area contributed by atoms with E-state index in [-0.39, 0.29) is 10.9 Å². The van der Waals surface area contributed by atoms with E-state index in [0.717, 1.165) is 24.5 Å². The van der Waals surface area contributed by atoms with Gasteiger partial charge in [-0.25, -0.2) is 13.2 Å². The van der Waals surface area contributed by atoms with E-state index < -0.39 is 16.0 Å². The molecule has 0 heterocycles. The Morgan fingerprint density at radius 2 is 2.05 bits per heavy atom. The van der Waals surface area contributed by atoms with Crippen LogP contribution in [0.2, 0.25) is 0 Å². The number of aryl methyl sites for hydroxylation is 1. The van der Waals surface area contributed by atoms with E-state index in [9.17, 15) is 13.2 Å². The summed E-state index contributed by atoms with van der Waals surface area (Å²) in [5.74, 6) is -1.03. The molecule has 108 valence electrons. The van der Waals surface area contributed by atoms with Gasteiger partial charge < -0.3 is 5.11 Å². The molecular weight excluding hydrogens is 278 g/mol. The van der Waals surface area contributed by atoms with Crippen LogP contribution >= 0.6 is 0 Å². The van der Waals surface area contributed by atoms with Crippen LogP contribution in [0.1, 0.15) is 24.0 Å². The molecule has 0 saturated heterocycles. The van der Waals surface area contributed by atoms with E-state index in [4.69, 9.17) is 5.11 Å². The van der Waals surface area contributed by atoms with Crippen molar-refractivity contribution >= 4 is 22.1 Å². The highest BCUT2D eigenvalue weighted by atomic mass is 32.2. The molecule has 1 aliphatic rings. The van der Waals surface area contributed by atoms with Crippen LogP contribution in [0.5, 0.6) is 0 Å². The Balaban J connectivity index is 2.31. The number of carbonyl (C=O) groups is 1. The molecular formula is C14H17NO4S. The van der Waals surface area contributed by atoms with Gasteiger partial charge in [-0.15, -0.1) is 0 Å². The van der Waals surface area contributed by atoms with Gasteiger partial charge in [-0.1, -0.05) is 6.07 Å². The first-order valence-electron chi connectivity index (χ1n) is 6.32. The molecule has 1 aromatic carbocycles. The maximum atomic E-state index is 12.4. The number of nitrogens with zero attached hydrogens (tertiary/aromatic N) is 1. The number of sulfonamides is 1. The van der Waals surface area contributed by atoms with Gasteiger partial charge in [-0.2, -0.15) is 4.31 Å². The van der Waals surface area contributed by atoms with Crippen molar-refractivity contribution < 1.29 is 18.3 Å². The Bertz CT molecular complexity index is 660. The lowest BCUT2D eigenvalue weighted by Gasteiger charge is -2.17. The molecule has 0 spiro atoms. The second kappa shape index (κ2) is 5.38. The van der Waals surface area contributed by atoms with Crippen molar-refractivity contribution in [1.82, 2.24) is 4.31 Å². The fourth-order valence-electron chi connectivity index (χ4n) is 1.96. The van der Waals surface area contributed by atoms with Gasteiger partial charge in [-0.3, -0.25) is 0 Å². The van der Waals surface area contributed by atoms with Crippen molar-refractivity contribution in [1.29, 1.82) is 0 Å². The summed E-state index contributed by atoms with van der Waals surface area (Å²) in [5, 5.41) is 8.60. The van der Waals surface area contributed by atoms with Crippen molar-refractivity contribution in [2.75, 3.05) is 7.05 Å². The quantitative estimate of drug-likeness (QED) is 0.842. The molecule has 1 aliphatic carbocycles. The van der Waals surface area contributed by atoms with Gasteiger partial charge in [0.15, 0.2) is 0 Å². The van der Waals surface area contributed by atoms with Crippen molar-refractivity contribution in [3.8, 4) is 0 Å². The smallest absolute Gasteiger partial charge is 0.328 e. The van der Waals surface area contributed by atoms with Gasteiger partial charge in [0, 0.05) is 19.2 Å². The van der Waals surface area contributed by atoms with E-state index in [0.29, 0.717) is 5.56 Å². The van der Waals surface area contributed by atoms with Gasteiger partial charge in [0.2, 0.25) is 10.0 Å². The number of carboxylic acids is 1. The summed E-state index contributed by atoms with van der Waals surface area (Å²) in [5.41, 5.74) is 1.42. The second-order valence-corrected chi connectivity index (χ2v) is 6.94. The van der Waals surface area contributed by atoms with Crippen LogP contribution < -0.4 is 0 Å². The third kappa shape index (κ3) is 3.08. The standard InChI is InChI=1S/C14H17NO4S/c1-10-9-13(7-3-11(10)4-8-14(16)17)20(18,19)15(2)12-5-6-12/h3-4,7-9,12H,5-6H2,1-2H3,(H,16,17). The average molecular weight is 295 g/mol. The Labute approximate surface area is 118 Å². The van der Waals surface area contributed by atoms with Crippen LogP contribution in [0, 0.1) is 6.92 Å². The minimum atomic E-state index is -3.45. The number of benzene rings is 1. The first-order valence-corrected chi connectivity index (χ1v) is 7.76.